The minimum Gasteiger partial charge on any atom is -0.481 e. The summed E-state index contributed by atoms with van der Waals surface area (Å²) < 4.78 is 4.76. The number of nitrogens with one attached hydrogen (secondary N) is 1. The van der Waals surface area contributed by atoms with E-state index in [2.05, 4.69) is 5.32 Å². The SMILES string of the molecule is CCC(C)(CNC(=O)c1ccoc1)C(=O)O. The summed E-state index contributed by atoms with van der Waals surface area (Å²) in [7, 11) is 0. The van der Waals surface area contributed by atoms with Crippen molar-refractivity contribution in [2.24, 2.45) is 5.41 Å². The van der Waals surface area contributed by atoms with E-state index < -0.39 is 11.4 Å². The maximum Gasteiger partial charge on any atom is 0.311 e. The zero-order valence-electron chi connectivity index (χ0n) is 9.32. The maximum atomic E-state index is 11.5. The van der Waals surface area contributed by atoms with Crippen LogP contribution in [0.15, 0.2) is 23.0 Å². The molecule has 1 amide bonds. The van der Waals surface area contributed by atoms with Crippen molar-refractivity contribution in [3.63, 3.8) is 0 Å². The van der Waals surface area contributed by atoms with E-state index in [4.69, 9.17) is 9.52 Å². The van der Waals surface area contributed by atoms with Crippen molar-refractivity contribution in [2.75, 3.05) is 6.54 Å². The lowest BCUT2D eigenvalue weighted by atomic mass is 9.87. The normalized spacial score (nSPS) is 14.1. The van der Waals surface area contributed by atoms with Crippen molar-refractivity contribution >= 4 is 11.9 Å². The Morgan fingerprint density at radius 1 is 1.56 bits per heavy atom. The van der Waals surface area contributed by atoms with Crippen molar-refractivity contribution in [3.8, 4) is 0 Å². The molecule has 88 valence electrons. The first-order valence-corrected chi connectivity index (χ1v) is 5.03. The molecule has 0 fully saturated rings. The highest BCUT2D eigenvalue weighted by Crippen LogP contribution is 2.20. The summed E-state index contributed by atoms with van der Waals surface area (Å²) in [5.41, 5.74) is -0.539. The van der Waals surface area contributed by atoms with Gasteiger partial charge in [0, 0.05) is 6.54 Å². The standard InChI is InChI=1S/C11H15NO4/c1-3-11(2,10(14)15)7-12-9(13)8-4-5-16-6-8/h4-6H,3,7H2,1-2H3,(H,12,13)(H,14,15). The van der Waals surface area contributed by atoms with E-state index >= 15 is 0 Å². The lowest BCUT2D eigenvalue weighted by molar-refractivity contribution is -0.147. The first kappa shape index (κ1) is 12.3. The Morgan fingerprint density at radius 2 is 2.25 bits per heavy atom. The van der Waals surface area contributed by atoms with Gasteiger partial charge in [-0.25, -0.2) is 0 Å². The summed E-state index contributed by atoms with van der Waals surface area (Å²) in [5.74, 6) is -1.24. The Hall–Kier alpha value is -1.78. The number of carbonyl (C=O) groups excluding carboxylic acids is 1. The van der Waals surface area contributed by atoms with Crippen molar-refractivity contribution in [1.82, 2.24) is 5.32 Å². The summed E-state index contributed by atoms with van der Waals surface area (Å²) in [6.45, 7) is 3.48. The minimum atomic E-state index is -0.931. The molecule has 0 radical (unpaired) electrons. The van der Waals surface area contributed by atoms with Gasteiger partial charge < -0.3 is 14.8 Å². The summed E-state index contributed by atoms with van der Waals surface area (Å²) in [6.07, 6.45) is 3.17. The van der Waals surface area contributed by atoms with Crippen LogP contribution in [0.4, 0.5) is 0 Å². The summed E-state index contributed by atoms with van der Waals surface area (Å²) in [4.78, 5) is 22.5. The van der Waals surface area contributed by atoms with Gasteiger partial charge >= 0.3 is 5.97 Å². The maximum absolute atomic E-state index is 11.5. The first-order valence-electron chi connectivity index (χ1n) is 5.03. The fourth-order valence-corrected chi connectivity index (χ4v) is 1.12. The monoisotopic (exact) mass is 225 g/mol. The van der Waals surface area contributed by atoms with Gasteiger partial charge in [-0.3, -0.25) is 9.59 Å². The highest BCUT2D eigenvalue weighted by molar-refractivity contribution is 5.94. The van der Waals surface area contributed by atoms with Gasteiger partial charge in [-0.2, -0.15) is 0 Å². The number of aliphatic carboxylic acids is 1. The Bertz CT molecular complexity index is 371. The lowest BCUT2D eigenvalue weighted by Crippen LogP contribution is -2.40. The zero-order chi connectivity index (χ0) is 12.2. The number of hydrogen-bond donors (Lipinski definition) is 2. The van der Waals surface area contributed by atoms with Gasteiger partial charge in [0.2, 0.25) is 0 Å². The molecule has 0 aliphatic carbocycles. The number of hydrogen-bond acceptors (Lipinski definition) is 3. The molecule has 1 rings (SSSR count). The summed E-state index contributed by atoms with van der Waals surface area (Å²) in [5, 5.41) is 11.6. The molecule has 1 heterocycles. The van der Waals surface area contributed by atoms with Crippen LogP contribution in [0.3, 0.4) is 0 Å². The van der Waals surface area contributed by atoms with E-state index in [0.717, 1.165) is 0 Å². The average molecular weight is 225 g/mol. The van der Waals surface area contributed by atoms with Crippen molar-refractivity contribution in [2.45, 2.75) is 20.3 Å². The molecule has 16 heavy (non-hydrogen) atoms. The highest BCUT2D eigenvalue weighted by Gasteiger charge is 2.31. The number of carbonyl (C=O) groups is 2. The van der Waals surface area contributed by atoms with Gasteiger partial charge in [0.15, 0.2) is 0 Å². The van der Waals surface area contributed by atoms with Gasteiger partial charge in [-0.05, 0) is 19.4 Å². The van der Waals surface area contributed by atoms with Crippen LogP contribution in [-0.2, 0) is 4.79 Å². The molecular formula is C11H15NO4. The van der Waals surface area contributed by atoms with Gasteiger partial charge in [0.05, 0.1) is 17.2 Å². The second kappa shape index (κ2) is 4.83. The molecule has 1 atom stereocenters. The molecule has 5 nitrogen and oxygen atoms in total. The van der Waals surface area contributed by atoms with Gasteiger partial charge in [-0.1, -0.05) is 6.92 Å². The van der Waals surface area contributed by atoms with Gasteiger partial charge in [0.1, 0.15) is 6.26 Å². The molecule has 2 N–H and O–H groups in total. The third kappa shape index (κ3) is 2.62. The minimum absolute atomic E-state index is 0.100. The van der Waals surface area contributed by atoms with Gasteiger partial charge in [-0.15, -0.1) is 0 Å². The molecule has 0 aromatic carbocycles. The Balaban J connectivity index is 2.57. The van der Waals surface area contributed by atoms with E-state index in [9.17, 15) is 9.59 Å². The molecular weight excluding hydrogens is 210 g/mol. The average Bonchev–Trinajstić information content (AvgIpc) is 2.78. The van der Waals surface area contributed by atoms with Crippen LogP contribution in [0.25, 0.3) is 0 Å². The molecule has 1 aromatic rings. The molecule has 0 saturated heterocycles. The largest absolute Gasteiger partial charge is 0.481 e. The van der Waals surface area contributed by atoms with E-state index in [-0.39, 0.29) is 12.5 Å². The number of carboxylic acids is 1. The fraction of sp³-hybridized carbons (Fsp3) is 0.455. The van der Waals surface area contributed by atoms with Gasteiger partial charge in [0.25, 0.3) is 5.91 Å². The van der Waals surface area contributed by atoms with Crippen LogP contribution in [0.1, 0.15) is 30.6 Å². The quantitative estimate of drug-likeness (QED) is 0.796. The molecule has 0 bridgehead atoms. The lowest BCUT2D eigenvalue weighted by Gasteiger charge is -2.22. The van der Waals surface area contributed by atoms with Crippen molar-refractivity contribution < 1.29 is 19.1 Å². The van der Waals surface area contributed by atoms with E-state index in [1.807, 2.05) is 0 Å². The molecule has 0 aliphatic rings. The number of furan rings is 1. The molecule has 5 heteroatoms. The third-order valence-corrected chi connectivity index (χ3v) is 2.72. The van der Waals surface area contributed by atoms with Crippen LogP contribution in [0, 0.1) is 5.41 Å². The van der Waals surface area contributed by atoms with Crippen LogP contribution in [-0.4, -0.2) is 23.5 Å². The molecule has 0 saturated carbocycles. The number of amides is 1. The zero-order valence-corrected chi connectivity index (χ0v) is 9.32. The fourth-order valence-electron chi connectivity index (χ4n) is 1.12. The van der Waals surface area contributed by atoms with E-state index in [0.29, 0.717) is 12.0 Å². The Labute approximate surface area is 93.4 Å². The van der Waals surface area contributed by atoms with Crippen LogP contribution < -0.4 is 5.32 Å². The Morgan fingerprint density at radius 3 is 2.69 bits per heavy atom. The topological polar surface area (TPSA) is 79.5 Å². The summed E-state index contributed by atoms with van der Waals surface area (Å²) >= 11 is 0. The van der Waals surface area contributed by atoms with Crippen LogP contribution in [0.2, 0.25) is 0 Å². The molecule has 0 spiro atoms. The molecule has 1 unspecified atom stereocenters. The van der Waals surface area contributed by atoms with Crippen molar-refractivity contribution in [1.29, 1.82) is 0 Å². The second-order valence-corrected chi connectivity index (χ2v) is 3.91. The second-order valence-electron chi connectivity index (χ2n) is 3.91. The van der Waals surface area contributed by atoms with Crippen LogP contribution >= 0.6 is 0 Å². The smallest absolute Gasteiger partial charge is 0.311 e. The Kier molecular flexibility index (Phi) is 3.71. The molecule has 1 aromatic heterocycles. The number of rotatable bonds is 5. The van der Waals surface area contributed by atoms with Crippen LogP contribution in [0.5, 0.6) is 0 Å². The first-order chi connectivity index (χ1) is 7.49. The predicted molar refractivity (Wildman–Crippen MR) is 57.1 cm³/mol. The third-order valence-electron chi connectivity index (χ3n) is 2.72. The van der Waals surface area contributed by atoms with Crippen molar-refractivity contribution in [3.05, 3.63) is 24.2 Å². The number of carboxylic acid groups (broad SMARTS) is 1. The molecule has 0 aliphatic heterocycles. The van der Waals surface area contributed by atoms with E-state index in [1.54, 1.807) is 13.8 Å². The predicted octanol–water partition coefficient (Wildman–Crippen LogP) is 1.51. The highest BCUT2D eigenvalue weighted by atomic mass is 16.4. The summed E-state index contributed by atoms with van der Waals surface area (Å²) in [6, 6.07) is 1.53. The van der Waals surface area contributed by atoms with E-state index in [1.165, 1.54) is 18.6 Å².